The van der Waals surface area contributed by atoms with E-state index in [2.05, 4.69) is 0 Å². The summed E-state index contributed by atoms with van der Waals surface area (Å²) in [5.41, 5.74) is 1.10. The second kappa shape index (κ2) is 10.6. The Morgan fingerprint density at radius 1 is 0.818 bits per heavy atom. The Morgan fingerprint density at radius 3 is 2.09 bits per heavy atom. The van der Waals surface area contributed by atoms with Gasteiger partial charge in [0.2, 0.25) is 6.10 Å². The Labute approximate surface area is 193 Å². The molecule has 0 radical (unpaired) electrons. The van der Waals surface area contributed by atoms with Crippen molar-refractivity contribution in [3.05, 3.63) is 71.5 Å². The highest BCUT2D eigenvalue weighted by Gasteiger charge is 2.34. The van der Waals surface area contributed by atoms with Crippen LogP contribution in [0.15, 0.2) is 54.6 Å². The highest BCUT2D eigenvalue weighted by molar-refractivity contribution is 5.94. The summed E-state index contributed by atoms with van der Waals surface area (Å²) in [4.78, 5) is 42.3. The third-order valence-corrected chi connectivity index (χ3v) is 6.44. The molecule has 4 rings (SSSR count). The molecule has 2 heterocycles. The van der Waals surface area contributed by atoms with Gasteiger partial charge in [0.15, 0.2) is 0 Å². The van der Waals surface area contributed by atoms with Gasteiger partial charge in [0.25, 0.3) is 11.8 Å². The van der Waals surface area contributed by atoms with Crippen molar-refractivity contribution < 1.29 is 23.5 Å². The van der Waals surface area contributed by atoms with E-state index in [9.17, 15) is 18.8 Å². The van der Waals surface area contributed by atoms with Crippen molar-refractivity contribution in [1.29, 1.82) is 0 Å². The van der Waals surface area contributed by atoms with Gasteiger partial charge in [-0.2, -0.15) is 0 Å². The number of piperidine rings is 2. The van der Waals surface area contributed by atoms with Crippen LogP contribution in [0.25, 0.3) is 0 Å². The van der Waals surface area contributed by atoms with Crippen LogP contribution in [0.1, 0.15) is 54.1 Å². The largest absolute Gasteiger partial charge is 0.447 e. The maximum absolute atomic E-state index is 13.2. The first-order valence-corrected chi connectivity index (χ1v) is 11.6. The van der Waals surface area contributed by atoms with E-state index in [1.165, 1.54) is 24.3 Å². The van der Waals surface area contributed by atoms with Gasteiger partial charge in [-0.15, -0.1) is 0 Å². The normalized spacial score (nSPS) is 18.0. The van der Waals surface area contributed by atoms with Crippen molar-refractivity contribution in [2.24, 2.45) is 5.92 Å². The van der Waals surface area contributed by atoms with E-state index < -0.39 is 12.1 Å². The number of esters is 1. The van der Waals surface area contributed by atoms with E-state index in [-0.39, 0.29) is 23.5 Å². The van der Waals surface area contributed by atoms with Gasteiger partial charge in [0.1, 0.15) is 5.82 Å². The molecule has 2 saturated heterocycles. The summed E-state index contributed by atoms with van der Waals surface area (Å²) in [6, 6.07) is 14.6. The minimum atomic E-state index is -0.948. The lowest BCUT2D eigenvalue weighted by Crippen LogP contribution is -2.43. The Morgan fingerprint density at radius 2 is 1.45 bits per heavy atom. The maximum Gasteiger partial charge on any atom is 0.310 e. The van der Waals surface area contributed by atoms with Crippen molar-refractivity contribution in [3.63, 3.8) is 0 Å². The number of amides is 2. The first-order valence-electron chi connectivity index (χ1n) is 11.6. The molecule has 0 spiro atoms. The van der Waals surface area contributed by atoms with Crippen LogP contribution in [-0.2, 0) is 14.3 Å². The van der Waals surface area contributed by atoms with Crippen LogP contribution in [0.2, 0.25) is 0 Å². The molecule has 0 saturated carbocycles. The van der Waals surface area contributed by atoms with Crippen molar-refractivity contribution in [1.82, 2.24) is 9.80 Å². The quantitative estimate of drug-likeness (QED) is 0.644. The third-order valence-electron chi connectivity index (χ3n) is 6.44. The van der Waals surface area contributed by atoms with E-state index >= 15 is 0 Å². The zero-order chi connectivity index (χ0) is 23.2. The highest BCUT2D eigenvalue weighted by Crippen LogP contribution is 2.27. The number of hydrogen-bond acceptors (Lipinski definition) is 4. The molecule has 7 heteroatoms. The van der Waals surface area contributed by atoms with Crippen LogP contribution in [0.5, 0.6) is 0 Å². The predicted octanol–water partition coefficient (Wildman–Crippen LogP) is 3.97. The fourth-order valence-corrected chi connectivity index (χ4v) is 4.47. The predicted molar refractivity (Wildman–Crippen MR) is 121 cm³/mol. The van der Waals surface area contributed by atoms with E-state index in [4.69, 9.17) is 4.74 Å². The van der Waals surface area contributed by atoms with E-state index in [1.807, 2.05) is 30.3 Å². The summed E-state index contributed by atoms with van der Waals surface area (Å²) in [5.74, 6) is -1.51. The molecular formula is C26H29FN2O4. The molecule has 174 valence electrons. The average molecular weight is 453 g/mol. The lowest BCUT2D eigenvalue weighted by atomic mass is 9.96. The molecular weight excluding hydrogens is 423 g/mol. The van der Waals surface area contributed by atoms with Gasteiger partial charge in [-0.3, -0.25) is 14.4 Å². The molecule has 2 amide bonds. The minimum absolute atomic E-state index is 0.168. The lowest BCUT2D eigenvalue weighted by Gasteiger charge is -2.33. The Kier molecular flexibility index (Phi) is 7.37. The summed E-state index contributed by atoms with van der Waals surface area (Å²) in [6.07, 6.45) is 3.00. The number of likely N-dealkylation sites (tertiary alicyclic amines) is 2. The van der Waals surface area contributed by atoms with E-state index in [1.54, 1.807) is 9.80 Å². The van der Waals surface area contributed by atoms with Crippen LogP contribution < -0.4 is 0 Å². The molecule has 2 aromatic carbocycles. The summed E-state index contributed by atoms with van der Waals surface area (Å²) in [5, 5.41) is 0. The van der Waals surface area contributed by atoms with Crippen LogP contribution in [0.3, 0.4) is 0 Å². The van der Waals surface area contributed by atoms with E-state index in [0.29, 0.717) is 50.1 Å². The number of carbonyl (C=O) groups excluding carboxylic acids is 3. The standard InChI is InChI=1S/C26H29FN2O4/c27-22-11-9-20(10-12-22)24(30)29-17-13-21(14-18-29)26(32)33-23(19-7-3-1-4-8-19)25(31)28-15-5-2-6-16-28/h1,3-4,7-12,21,23H,2,5-6,13-18H2/t23-/m1/s1. The monoisotopic (exact) mass is 452 g/mol. The number of rotatable bonds is 5. The maximum atomic E-state index is 13.2. The van der Waals surface area contributed by atoms with Crippen LogP contribution in [0, 0.1) is 11.7 Å². The summed E-state index contributed by atoms with van der Waals surface area (Å²) in [7, 11) is 0. The number of hydrogen-bond donors (Lipinski definition) is 0. The van der Waals surface area contributed by atoms with Crippen molar-refractivity contribution in [2.75, 3.05) is 26.2 Å². The molecule has 2 fully saturated rings. The average Bonchev–Trinajstić information content (AvgIpc) is 2.88. The van der Waals surface area contributed by atoms with Crippen molar-refractivity contribution in [2.45, 2.75) is 38.2 Å². The zero-order valence-corrected chi connectivity index (χ0v) is 18.6. The first kappa shape index (κ1) is 23.0. The molecule has 1 atom stereocenters. The third kappa shape index (κ3) is 5.59. The zero-order valence-electron chi connectivity index (χ0n) is 18.6. The van der Waals surface area contributed by atoms with Gasteiger partial charge in [-0.1, -0.05) is 30.3 Å². The van der Waals surface area contributed by atoms with Crippen LogP contribution >= 0.6 is 0 Å². The number of ether oxygens (including phenoxy) is 1. The summed E-state index contributed by atoms with van der Waals surface area (Å²) in [6.45, 7) is 2.19. The molecule has 0 N–H and O–H groups in total. The Balaban J connectivity index is 1.38. The van der Waals surface area contributed by atoms with Gasteiger partial charge in [0, 0.05) is 37.3 Å². The molecule has 2 aromatic rings. The molecule has 0 bridgehead atoms. The van der Waals surface area contributed by atoms with Gasteiger partial charge in [-0.05, 0) is 56.4 Å². The van der Waals surface area contributed by atoms with E-state index in [0.717, 1.165) is 19.3 Å². The van der Waals surface area contributed by atoms with Crippen molar-refractivity contribution in [3.8, 4) is 0 Å². The molecule has 2 aliphatic rings. The minimum Gasteiger partial charge on any atom is -0.447 e. The van der Waals surface area contributed by atoms with Crippen LogP contribution in [0.4, 0.5) is 4.39 Å². The van der Waals surface area contributed by atoms with Crippen molar-refractivity contribution >= 4 is 17.8 Å². The van der Waals surface area contributed by atoms with Gasteiger partial charge >= 0.3 is 5.97 Å². The molecule has 0 aliphatic carbocycles. The van der Waals surface area contributed by atoms with Crippen LogP contribution in [-0.4, -0.2) is 53.8 Å². The number of halogens is 1. The highest BCUT2D eigenvalue weighted by atomic mass is 19.1. The second-order valence-corrected chi connectivity index (χ2v) is 8.69. The Bertz CT molecular complexity index is 966. The van der Waals surface area contributed by atoms with Gasteiger partial charge in [-0.25, -0.2) is 4.39 Å². The summed E-state index contributed by atoms with van der Waals surface area (Å²) >= 11 is 0. The molecule has 0 aromatic heterocycles. The van der Waals surface area contributed by atoms with Gasteiger partial charge in [0.05, 0.1) is 5.92 Å². The number of carbonyl (C=O) groups is 3. The Hall–Kier alpha value is -3.22. The fraction of sp³-hybridized carbons (Fsp3) is 0.423. The number of nitrogens with zero attached hydrogens (tertiary/aromatic N) is 2. The number of benzene rings is 2. The molecule has 33 heavy (non-hydrogen) atoms. The first-order chi connectivity index (χ1) is 16.0. The second-order valence-electron chi connectivity index (χ2n) is 8.69. The topological polar surface area (TPSA) is 66.9 Å². The molecule has 0 unspecified atom stereocenters. The lowest BCUT2D eigenvalue weighted by molar-refractivity contribution is -0.165. The fourth-order valence-electron chi connectivity index (χ4n) is 4.47. The summed E-state index contributed by atoms with van der Waals surface area (Å²) < 4.78 is 18.9. The molecule has 2 aliphatic heterocycles. The SMILES string of the molecule is O=C(O[C@@H](C(=O)N1CCCCC1)c1ccccc1)C1CCN(C(=O)c2ccc(F)cc2)CC1. The smallest absolute Gasteiger partial charge is 0.310 e. The van der Waals surface area contributed by atoms with Gasteiger partial charge < -0.3 is 14.5 Å². The molecule has 6 nitrogen and oxygen atoms in total.